The summed E-state index contributed by atoms with van der Waals surface area (Å²) in [5.41, 5.74) is 5.02. The lowest BCUT2D eigenvalue weighted by Crippen LogP contribution is -2.51. The third-order valence-corrected chi connectivity index (χ3v) is 9.43. The van der Waals surface area contributed by atoms with E-state index in [1.807, 2.05) is 0 Å². The van der Waals surface area contributed by atoms with Crippen molar-refractivity contribution < 1.29 is 37.4 Å². The van der Waals surface area contributed by atoms with Crippen molar-refractivity contribution in [1.29, 1.82) is 5.26 Å². The summed E-state index contributed by atoms with van der Waals surface area (Å²) in [5.74, 6) is -1.44. The fourth-order valence-electron chi connectivity index (χ4n) is 5.03. The zero-order valence-corrected chi connectivity index (χ0v) is 30.3. The first-order chi connectivity index (χ1) is 23.1. The van der Waals surface area contributed by atoms with Crippen molar-refractivity contribution in [1.82, 2.24) is 24.6 Å². The van der Waals surface area contributed by atoms with E-state index in [1.165, 1.54) is 24.9 Å². The molecule has 0 bridgehead atoms. The second kappa shape index (κ2) is 17.6. The number of carbonyl (C=O) groups is 2. The predicted octanol–water partition coefficient (Wildman–Crippen LogP) is 4.17. The number of ether oxygens (including phenoxy) is 3. The van der Waals surface area contributed by atoms with E-state index in [0.717, 1.165) is 0 Å². The van der Waals surface area contributed by atoms with Crippen LogP contribution in [0.25, 0.3) is 5.52 Å². The number of nitrogens with zero attached hydrogens (tertiary/aromatic N) is 5. The minimum Gasteiger partial charge on any atom is -0.463 e. The smallest absolute Gasteiger partial charge is 0.459 e. The first-order valence-corrected chi connectivity index (χ1v) is 17.6. The third-order valence-electron chi connectivity index (χ3n) is 7.80. The molecule has 0 saturated heterocycles. The van der Waals surface area contributed by atoms with Crippen LogP contribution in [0.5, 0.6) is 5.75 Å². The van der Waals surface area contributed by atoms with Gasteiger partial charge in [0.25, 0.3) is 0 Å². The van der Waals surface area contributed by atoms with Crippen LogP contribution in [0.3, 0.4) is 0 Å². The fourth-order valence-corrected chi connectivity index (χ4v) is 6.55. The fraction of sp³-hybridized carbons (Fsp3) is 0.545. The van der Waals surface area contributed by atoms with Gasteiger partial charge in [-0.3, -0.25) is 19.0 Å². The molecule has 4 atom stereocenters. The Morgan fingerprint density at radius 3 is 2.33 bits per heavy atom. The Kier molecular flexibility index (Phi) is 14.1. The molecule has 1 aromatic carbocycles. The number of esters is 2. The number of hydrogen-bond donors (Lipinski definition) is 2. The Labute approximate surface area is 287 Å². The summed E-state index contributed by atoms with van der Waals surface area (Å²) in [4.78, 5) is 32.1. The molecular weight excluding hydrogens is 653 g/mol. The number of nitrogens with two attached hydrogens (primary N) is 1. The molecule has 3 aromatic rings. The second-order valence-electron chi connectivity index (χ2n) is 12.4. The molecule has 16 heteroatoms. The van der Waals surface area contributed by atoms with Crippen LogP contribution in [0.15, 0.2) is 48.8 Å². The zero-order chi connectivity index (χ0) is 36.4. The molecule has 0 aliphatic carbocycles. The molecule has 0 spiro atoms. The molecule has 0 saturated carbocycles. The van der Waals surface area contributed by atoms with E-state index in [-0.39, 0.29) is 36.7 Å². The largest absolute Gasteiger partial charge is 0.463 e. The molecule has 49 heavy (non-hydrogen) atoms. The Morgan fingerprint density at radius 1 is 1.06 bits per heavy atom. The van der Waals surface area contributed by atoms with Crippen LogP contribution in [0, 0.1) is 17.2 Å². The van der Waals surface area contributed by atoms with Gasteiger partial charge in [0.1, 0.15) is 42.9 Å². The molecule has 1 unspecified atom stereocenters. The molecular formula is C33H48N7O8P. The molecule has 15 nitrogen and oxygen atoms in total. The van der Waals surface area contributed by atoms with Gasteiger partial charge in [0.15, 0.2) is 11.9 Å². The summed E-state index contributed by atoms with van der Waals surface area (Å²) in [6.45, 7) is 12.9. The molecule has 0 aliphatic heterocycles. The van der Waals surface area contributed by atoms with Crippen LogP contribution in [-0.2, 0) is 39.3 Å². The van der Waals surface area contributed by atoms with Gasteiger partial charge in [0.2, 0.25) is 5.60 Å². The summed E-state index contributed by atoms with van der Waals surface area (Å²) < 4.78 is 44.5. The van der Waals surface area contributed by atoms with E-state index in [2.05, 4.69) is 53.8 Å². The van der Waals surface area contributed by atoms with E-state index in [9.17, 15) is 19.4 Å². The van der Waals surface area contributed by atoms with Crippen LogP contribution in [0.1, 0.15) is 54.2 Å². The van der Waals surface area contributed by atoms with Crippen molar-refractivity contribution >= 4 is 31.0 Å². The number of methoxy groups -OCH3 is 1. The topological polar surface area (TPSA) is 193 Å². The Balaban J connectivity index is 1.89. The first kappa shape index (κ1) is 39.4. The quantitative estimate of drug-likeness (QED) is 0.134. The Morgan fingerprint density at radius 2 is 1.73 bits per heavy atom. The maximum atomic E-state index is 14.3. The Hall–Kier alpha value is -4.06. The van der Waals surface area contributed by atoms with Crippen LogP contribution in [0.4, 0.5) is 5.82 Å². The van der Waals surface area contributed by atoms with E-state index in [4.69, 9.17) is 29.0 Å². The van der Waals surface area contributed by atoms with Crippen LogP contribution in [-0.4, -0.2) is 88.1 Å². The summed E-state index contributed by atoms with van der Waals surface area (Å²) in [6, 6.07) is 13.0. The summed E-state index contributed by atoms with van der Waals surface area (Å²) >= 11 is 0. The third kappa shape index (κ3) is 10.5. The first-order valence-electron chi connectivity index (χ1n) is 16.1. The molecule has 0 fully saturated rings. The molecule has 0 amide bonds. The predicted molar refractivity (Wildman–Crippen MR) is 182 cm³/mol. The van der Waals surface area contributed by atoms with Gasteiger partial charge in [-0.1, -0.05) is 32.0 Å². The number of fused-ring (bicyclic) bond motifs is 1. The second-order valence-corrected chi connectivity index (χ2v) is 14.1. The summed E-state index contributed by atoms with van der Waals surface area (Å²) in [5, 5.41) is 17.4. The molecule has 3 rings (SSSR count). The van der Waals surface area contributed by atoms with Gasteiger partial charge in [-0.15, -0.1) is 0 Å². The molecule has 268 valence electrons. The van der Waals surface area contributed by atoms with Crippen molar-refractivity contribution in [3.8, 4) is 11.8 Å². The maximum absolute atomic E-state index is 14.3. The monoisotopic (exact) mass is 701 g/mol. The van der Waals surface area contributed by atoms with E-state index in [1.54, 1.807) is 56.3 Å². The molecule has 2 heterocycles. The number of hydrogen-bond acceptors (Lipinski definition) is 13. The number of rotatable bonds is 19. The van der Waals surface area contributed by atoms with E-state index < -0.39 is 50.0 Å². The molecule has 0 radical (unpaired) electrons. The van der Waals surface area contributed by atoms with Crippen molar-refractivity contribution in [2.24, 2.45) is 5.92 Å². The highest BCUT2D eigenvalue weighted by Gasteiger charge is 2.47. The number of nitrogen functional groups attached to an aromatic ring is 1. The van der Waals surface area contributed by atoms with E-state index in [0.29, 0.717) is 17.8 Å². The van der Waals surface area contributed by atoms with Gasteiger partial charge in [-0.25, -0.2) is 14.1 Å². The Bertz CT molecular complexity index is 1620. The van der Waals surface area contributed by atoms with Crippen molar-refractivity contribution in [2.75, 3.05) is 32.6 Å². The highest BCUT2D eigenvalue weighted by molar-refractivity contribution is 7.52. The van der Waals surface area contributed by atoms with Crippen LogP contribution < -0.4 is 15.3 Å². The standard InChI is InChI=1S/C33H48N7O8P/c1-22(2)31(41)47-29(18-26-14-15-28-30(35)36-21-37-40(26)28)33(19-34,44-8)20-46-49(43,48-27-12-10-9-11-13-27)38-25(7)32(42)45-17-16-39(23(3)4)24(5)6/h9-15,21-25,29H,16-18,20H2,1-8H3,(H,38,43)(H2,35,36,37)/t25-,29-,33+,49?/m0/s1. The maximum Gasteiger partial charge on any atom is 0.459 e. The lowest BCUT2D eigenvalue weighted by Gasteiger charge is -2.34. The highest BCUT2D eigenvalue weighted by atomic mass is 31.2. The summed E-state index contributed by atoms with van der Waals surface area (Å²) in [6.07, 6.45) is -0.0842. The minimum atomic E-state index is -4.44. The SMILES string of the molecule is CO[C@](C#N)(COP(=O)(N[C@@H](C)C(=O)OCCN(C(C)C)C(C)C)Oc1ccccc1)[C@H](Cc1ccc2c(N)ncnn12)OC(=O)C(C)C. The normalized spacial score (nSPS) is 15.5. The molecule has 0 aliphatic rings. The van der Waals surface area contributed by atoms with E-state index >= 15 is 0 Å². The minimum absolute atomic E-state index is 0.0718. The lowest BCUT2D eigenvalue weighted by atomic mass is 9.94. The lowest BCUT2D eigenvalue weighted by molar-refractivity contribution is -0.169. The summed E-state index contributed by atoms with van der Waals surface area (Å²) in [7, 11) is -3.20. The van der Waals surface area contributed by atoms with Crippen molar-refractivity contribution in [3.63, 3.8) is 0 Å². The highest BCUT2D eigenvalue weighted by Crippen LogP contribution is 2.46. The van der Waals surface area contributed by atoms with Crippen molar-refractivity contribution in [2.45, 2.75) is 84.7 Å². The number of anilines is 1. The average Bonchev–Trinajstić information content (AvgIpc) is 3.47. The molecule has 3 N–H and O–H groups in total. The van der Waals surface area contributed by atoms with Crippen molar-refractivity contribution in [3.05, 3.63) is 54.5 Å². The van der Waals surface area contributed by atoms with Gasteiger partial charge < -0.3 is 24.5 Å². The zero-order valence-electron chi connectivity index (χ0n) is 29.4. The number of benzene rings is 1. The number of nitriles is 1. The van der Waals surface area contributed by atoms with Gasteiger partial charge in [-0.05, 0) is 58.9 Å². The number of para-hydroxylation sites is 1. The van der Waals surface area contributed by atoms with Crippen LogP contribution >= 0.6 is 7.75 Å². The average molecular weight is 702 g/mol. The van der Waals surface area contributed by atoms with Gasteiger partial charge in [0, 0.05) is 37.9 Å². The number of carbonyl (C=O) groups excluding carboxylic acids is 2. The number of aromatic nitrogens is 3. The van der Waals surface area contributed by atoms with Gasteiger partial charge in [-0.2, -0.15) is 15.4 Å². The van der Waals surface area contributed by atoms with Crippen LogP contribution in [0.2, 0.25) is 0 Å². The van der Waals surface area contributed by atoms with Gasteiger partial charge >= 0.3 is 19.7 Å². The number of nitrogens with one attached hydrogen (secondary N) is 1. The van der Waals surface area contributed by atoms with Gasteiger partial charge in [0.05, 0.1) is 5.92 Å². The molecule has 2 aromatic heterocycles.